The molecule has 0 fully saturated rings. The van der Waals surface area contributed by atoms with Crippen LogP contribution < -0.4 is 0 Å². The largest absolute Gasteiger partial charge is 0.480 e. The van der Waals surface area contributed by atoms with Gasteiger partial charge in [-0.3, -0.25) is 19.4 Å². The quantitative estimate of drug-likeness (QED) is 0.118. The predicted octanol–water partition coefficient (Wildman–Crippen LogP) is 1.15. The van der Waals surface area contributed by atoms with Crippen LogP contribution in [0.5, 0.6) is 0 Å². The molecule has 26 heavy (non-hydrogen) atoms. The summed E-state index contributed by atoms with van der Waals surface area (Å²) < 4.78 is 0. The Morgan fingerprint density at radius 2 is 1.23 bits per heavy atom. The Morgan fingerprint density at radius 1 is 0.808 bits per heavy atom. The van der Waals surface area contributed by atoms with Gasteiger partial charge in [-0.1, -0.05) is 0 Å². The molecule has 0 aliphatic carbocycles. The van der Waals surface area contributed by atoms with Gasteiger partial charge >= 0.3 is 11.9 Å². The molecule has 0 aromatic rings. The van der Waals surface area contributed by atoms with E-state index in [1.807, 2.05) is 0 Å². The van der Waals surface area contributed by atoms with Crippen LogP contribution in [-0.2, 0) is 19.4 Å². The highest BCUT2D eigenvalue weighted by molar-refractivity contribution is 8.02. The van der Waals surface area contributed by atoms with Gasteiger partial charge in [0.15, 0.2) is 0 Å². The smallest absolute Gasteiger partial charge is 0.317 e. The van der Waals surface area contributed by atoms with Crippen molar-refractivity contribution >= 4 is 35.5 Å². The minimum absolute atomic E-state index is 0.129. The zero-order chi connectivity index (χ0) is 19.9. The molecule has 0 aliphatic heterocycles. The average molecular weight is 412 g/mol. The van der Waals surface area contributed by atoms with E-state index in [4.69, 9.17) is 20.7 Å². The molecule has 0 aliphatic rings. The predicted molar refractivity (Wildman–Crippen MR) is 98.8 cm³/mol. The van der Waals surface area contributed by atoms with Crippen LogP contribution in [0.2, 0.25) is 0 Å². The molecule has 0 spiro atoms. The summed E-state index contributed by atoms with van der Waals surface area (Å²) in [5, 5.41) is 34.7. The summed E-state index contributed by atoms with van der Waals surface area (Å²) in [5.41, 5.74) is 0. The van der Waals surface area contributed by atoms with E-state index in [1.165, 1.54) is 9.80 Å². The van der Waals surface area contributed by atoms with Crippen molar-refractivity contribution in [2.75, 3.05) is 49.2 Å². The first kappa shape index (κ1) is 24.4. The molecule has 10 nitrogen and oxygen atoms in total. The van der Waals surface area contributed by atoms with Gasteiger partial charge in [0.05, 0.1) is 13.1 Å². The van der Waals surface area contributed by atoms with Gasteiger partial charge in [0.2, 0.25) is 11.8 Å². The van der Waals surface area contributed by atoms with Gasteiger partial charge in [0.25, 0.3) is 0 Å². The number of hydrogen-bond donors (Lipinski definition) is 4. The molecule has 0 aromatic carbocycles. The lowest BCUT2D eigenvalue weighted by Crippen LogP contribution is -2.36. The molecule has 0 saturated carbocycles. The standard InChI is InChI=1S/C14H24N2O8S2/c1-11(23-21)16(12(2)24-22)4-6-26-8-7-25-5-3-15(9-13(17)18)10-14(19)20/h21-22H,1-10H2,(H,17,18)(H,19,20). The minimum Gasteiger partial charge on any atom is -0.480 e. The topological polar surface area (TPSA) is 140 Å². The Hall–Kier alpha value is -1.60. The van der Waals surface area contributed by atoms with Crippen molar-refractivity contribution in [2.24, 2.45) is 0 Å². The van der Waals surface area contributed by atoms with Crippen LogP contribution in [0.4, 0.5) is 0 Å². The van der Waals surface area contributed by atoms with Crippen LogP contribution in [0.3, 0.4) is 0 Å². The molecule has 0 saturated heterocycles. The Labute approximate surface area is 159 Å². The van der Waals surface area contributed by atoms with Crippen molar-refractivity contribution < 1.29 is 40.1 Å². The molecule has 0 aromatic heterocycles. The van der Waals surface area contributed by atoms with E-state index < -0.39 is 11.9 Å². The van der Waals surface area contributed by atoms with Gasteiger partial charge in [-0.2, -0.15) is 23.5 Å². The maximum atomic E-state index is 10.7. The van der Waals surface area contributed by atoms with Crippen molar-refractivity contribution in [1.82, 2.24) is 9.80 Å². The summed E-state index contributed by atoms with van der Waals surface area (Å²) in [6.45, 7) is 7.00. The summed E-state index contributed by atoms with van der Waals surface area (Å²) in [4.78, 5) is 32.0. The van der Waals surface area contributed by atoms with Crippen molar-refractivity contribution in [2.45, 2.75) is 0 Å². The van der Waals surface area contributed by atoms with Gasteiger partial charge < -0.3 is 20.0 Å². The van der Waals surface area contributed by atoms with Crippen LogP contribution >= 0.6 is 23.5 Å². The van der Waals surface area contributed by atoms with Crippen molar-refractivity contribution in [3.63, 3.8) is 0 Å². The van der Waals surface area contributed by atoms with Gasteiger partial charge in [0.1, 0.15) is 0 Å². The number of hydrogen-bond acceptors (Lipinski definition) is 10. The fourth-order valence-electron chi connectivity index (χ4n) is 1.76. The molecular formula is C14H24N2O8S2. The van der Waals surface area contributed by atoms with E-state index in [9.17, 15) is 9.59 Å². The second-order valence-corrected chi connectivity index (χ2v) is 7.29. The maximum absolute atomic E-state index is 10.7. The van der Waals surface area contributed by atoms with Gasteiger partial charge in [-0.15, -0.1) is 0 Å². The SMILES string of the molecule is C=C(OO)N(CCSCCSCCN(CC(=O)O)CC(=O)O)C(=C)OO. The number of nitrogens with zero attached hydrogens (tertiary/aromatic N) is 2. The number of carboxylic acids is 2. The molecule has 0 bridgehead atoms. The molecular weight excluding hydrogens is 388 g/mol. The van der Waals surface area contributed by atoms with Crippen LogP contribution in [0, 0.1) is 0 Å². The Balaban J connectivity index is 3.91. The highest BCUT2D eigenvalue weighted by atomic mass is 32.2. The molecule has 0 amide bonds. The molecule has 0 unspecified atom stereocenters. The summed E-state index contributed by atoms with van der Waals surface area (Å²) in [7, 11) is 0. The normalized spacial score (nSPS) is 10.4. The van der Waals surface area contributed by atoms with Crippen LogP contribution in [-0.4, -0.2) is 91.7 Å². The Bertz CT molecular complexity index is 446. The molecule has 12 heteroatoms. The zero-order valence-corrected chi connectivity index (χ0v) is 15.8. The first-order valence-electron chi connectivity index (χ1n) is 7.41. The lowest BCUT2D eigenvalue weighted by Gasteiger charge is -2.22. The van der Waals surface area contributed by atoms with E-state index >= 15 is 0 Å². The third kappa shape index (κ3) is 11.9. The summed E-state index contributed by atoms with van der Waals surface area (Å²) in [6.07, 6.45) is 0. The average Bonchev–Trinajstić information content (AvgIpc) is 2.58. The summed E-state index contributed by atoms with van der Waals surface area (Å²) in [5.74, 6) is 0.471. The molecule has 150 valence electrons. The van der Waals surface area contributed by atoms with Crippen LogP contribution in [0.1, 0.15) is 0 Å². The number of thioether (sulfide) groups is 2. The van der Waals surface area contributed by atoms with Gasteiger partial charge in [-0.25, -0.2) is 10.5 Å². The summed E-state index contributed by atoms with van der Waals surface area (Å²) >= 11 is 3.19. The second-order valence-electron chi connectivity index (χ2n) is 4.84. The maximum Gasteiger partial charge on any atom is 0.317 e. The number of carboxylic acid groups (broad SMARTS) is 2. The van der Waals surface area contributed by atoms with Crippen LogP contribution in [0.25, 0.3) is 0 Å². The van der Waals surface area contributed by atoms with Crippen molar-refractivity contribution in [3.8, 4) is 0 Å². The third-order valence-corrected chi connectivity index (χ3v) is 5.10. The van der Waals surface area contributed by atoms with E-state index in [-0.39, 0.29) is 24.9 Å². The fraction of sp³-hybridized carbons (Fsp3) is 0.571. The number of rotatable bonds is 17. The Morgan fingerprint density at radius 3 is 1.62 bits per heavy atom. The third-order valence-electron chi connectivity index (χ3n) is 2.91. The summed E-state index contributed by atoms with van der Waals surface area (Å²) in [6, 6.07) is 0. The monoisotopic (exact) mass is 412 g/mol. The highest BCUT2D eigenvalue weighted by Gasteiger charge is 2.15. The first-order valence-corrected chi connectivity index (χ1v) is 9.72. The van der Waals surface area contributed by atoms with E-state index in [0.717, 1.165) is 11.5 Å². The second kappa shape index (κ2) is 14.6. The molecule has 0 atom stereocenters. The van der Waals surface area contributed by atoms with Crippen molar-refractivity contribution in [3.05, 3.63) is 24.9 Å². The lowest BCUT2D eigenvalue weighted by molar-refractivity contribution is -0.251. The lowest BCUT2D eigenvalue weighted by atomic mass is 10.4. The minimum atomic E-state index is -1.06. The van der Waals surface area contributed by atoms with Gasteiger partial charge in [-0.05, 0) is 13.2 Å². The Kier molecular flexibility index (Phi) is 13.7. The zero-order valence-electron chi connectivity index (χ0n) is 14.2. The van der Waals surface area contributed by atoms with E-state index in [2.05, 4.69) is 22.9 Å². The van der Waals surface area contributed by atoms with E-state index in [0.29, 0.717) is 24.6 Å². The van der Waals surface area contributed by atoms with Gasteiger partial charge in [0, 0.05) is 36.1 Å². The number of carbonyl (C=O) groups is 2. The number of aliphatic carboxylic acids is 2. The highest BCUT2D eigenvalue weighted by Crippen LogP contribution is 2.14. The van der Waals surface area contributed by atoms with Crippen molar-refractivity contribution in [1.29, 1.82) is 0 Å². The molecule has 0 radical (unpaired) electrons. The first-order chi connectivity index (χ1) is 12.3. The molecule has 0 heterocycles. The van der Waals surface area contributed by atoms with Crippen LogP contribution in [0.15, 0.2) is 24.9 Å². The molecule has 0 rings (SSSR count). The fourth-order valence-corrected chi connectivity index (χ4v) is 3.81. The van der Waals surface area contributed by atoms with E-state index in [1.54, 1.807) is 23.5 Å². The molecule has 4 N–H and O–H groups in total.